The van der Waals surface area contributed by atoms with Crippen LogP contribution < -0.4 is 0 Å². The van der Waals surface area contributed by atoms with Crippen LogP contribution in [-0.2, 0) is 9.59 Å². The van der Waals surface area contributed by atoms with Gasteiger partial charge in [0.05, 0.1) is 0 Å². The third-order valence-electron chi connectivity index (χ3n) is 3.58. The Morgan fingerprint density at radius 2 is 0.885 bits per heavy atom. The molecule has 152 valence electrons. The SMILES string of the molecule is CC(=N)C(=O)O.CCC(=O)O.CCCCCCCCCCCCCC.[NaH]. The van der Waals surface area contributed by atoms with Gasteiger partial charge >= 0.3 is 41.5 Å². The molecule has 0 aliphatic carbocycles. The second-order valence-corrected chi connectivity index (χ2v) is 6.21. The van der Waals surface area contributed by atoms with Gasteiger partial charge in [-0.05, 0) is 6.92 Å². The van der Waals surface area contributed by atoms with Crippen LogP contribution in [-0.4, -0.2) is 57.4 Å². The number of hydrogen-bond acceptors (Lipinski definition) is 3. The summed E-state index contributed by atoms with van der Waals surface area (Å²) < 4.78 is 0. The van der Waals surface area contributed by atoms with Gasteiger partial charge in [0.2, 0.25) is 0 Å². The molecule has 0 saturated carbocycles. The Kier molecular flexibility index (Phi) is 37.5. The second kappa shape index (κ2) is 29.4. The van der Waals surface area contributed by atoms with Crippen molar-refractivity contribution in [3.8, 4) is 0 Å². The standard InChI is InChI=1S/C14H30.C3H5NO2.C3H6O2.Na.H/c1-3-5-7-9-11-13-14-12-10-8-6-4-2;1-2(4)3(5)6;1-2-3(4)5;;/h3-14H2,1-2H3;4H,1H3,(H,5,6);2H2,1H3,(H,4,5);;. The number of rotatable bonds is 13. The van der Waals surface area contributed by atoms with Gasteiger partial charge in [-0.3, -0.25) is 10.2 Å². The van der Waals surface area contributed by atoms with Crippen LogP contribution in [0.25, 0.3) is 0 Å². The molecule has 3 N–H and O–H groups in total. The van der Waals surface area contributed by atoms with E-state index in [1.165, 1.54) is 84.0 Å². The van der Waals surface area contributed by atoms with Gasteiger partial charge in [-0.15, -0.1) is 0 Å². The Labute approximate surface area is 183 Å². The Bertz CT molecular complexity index is 299. The summed E-state index contributed by atoms with van der Waals surface area (Å²) in [6.07, 6.45) is 17.7. The van der Waals surface area contributed by atoms with Crippen LogP contribution in [0.15, 0.2) is 0 Å². The summed E-state index contributed by atoms with van der Waals surface area (Å²) in [6, 6.07) is 0. The van der Waals surface area contributed by atoms with Crippen LogP contribution in [0.3, 0.4) is 0 Å². The molecule has 0 bridgehead atoms. The van der Waals surface area contributed by atoms with Crippen LogP contribution in [0.5, 0.6) is 0 Å². The molecule has 0 spiro atoms. The fourth-order valence-electron chi connectivity index (χ4n) is 1.91. The van der Waals surface area contributed by atoms with Gasteiger partial charge in [0.15, 0.2) is 0 Å². The van der Waals surface area contributed by atoms with Crippen molar-refractivity contribution in [2.75, 3.05) is 0 Å². The van der Waals surface area contributed by atoms with E-state index in [0.717, 1.165) is 0 Å². The van der Waals surface area contributed by atoms with Crippen molar-refractivity contribution >= 4 is 47.2 Å². The molecule has 26 heavy (non-hydrogen) atoms. The van der Waals surface area contributed by atoms with E-state index in [1.807, 2.05) is 0 Å². The predicted octanol–water partition coefficient (Wildman–Crippen LogP) is 5.65. The van der Waals surface area contributed by atoms with Gasteiger partial charge in [-0.2, -0.15) is 0 Å². The Hall–Kier alpha value is -0.390. The molecule has 0 aromatic carbocycles. The van der Waals surface area contributed by atoms with Gasteiger partial charge in [-0.1, -0.05) is 97.8 Å². The molecule has 0 aromatic rings. The Balaban J connectivity index is -0.000000168. The number of carboxylic acids is 2. The monoisotopic (exact) mass is 383 g/mol. The van der Waals surface area contributed by atoms with E-state index in [2.05, 4.69) is 13.8 Å². The third-order valence-corrected chi connectivity index (χ3v) is 3.58. The first-order valence-electron chi connectivity index (χ1n) is 9.83. The van der Waals surface area contributed by atoms with Crippen LogP contribution in [0.4, 0.5) is 0 Å². The topological polar surface area (TPSA) is 98.5 Å². The molecule has 0 saturated heterocycles. The first-order chi connectivity index (χ1) is 11.8. The molecule has 0 aromatic heterocycles. The maximum absolute atomic E-state index is 9.47. The van der Waals surface area contributed by atoms with E-state index >= 15 is 0 Å². The quantitative estimate of drug-likeness (QED) is 0.217. The van der Waals surface area contributed by atoms with Gasteiger partial charge in [-0.25, -0.2) is 4.79 Å². The molecule has 0 radical (unpaired) electrons. The zero-order chi connectivity index (χ0) is 19.9. The third kappa shape index (κ3) is 43.7. The Morgan fingerprint density at radius 1 is 0.692 bits per heavy atom. The van der Waals surface area contributed by atoms with Crippen LogP contribution in [0, 0.1) is 5.41 Å². The van der Waals surface area contributed by atoms with Crippen molar-refractivity contribution in [3.05, 3.63) is 0 Å². The van der Waals surface area contributed by atoms with E-state index in [1.54, 1.807) is 6.92 Å². The van der Waals surface area contributed by atoms with E-state index in [4.69, 9.17) is 15.6 Å². The molecular formula is C20H42NNaO4. The summed E-state index contributed by atoms with van der Waals surface area (Å²) >= 11 is 0. The minimum absolute atomic E-state index is 0. The summed E-state index contributed by atoms with van der Waals surface area (Å²) in [5, 5.41) is 21.8. The molecule has 0 aliphatic rings. The average molecular weight is 384 g/mol. The molecule has 0 aliphatic heterocycles. The maximum atomic E-state index is 9.47. The molecule has 0 amide bonds. The summed E-state index contributed by atoms with van der Waals surface area (Å²) in [5.74, 6) is -1.90. The van der Waals surface area contributed by atoms with Crippen molar-refractivity contribution in [2.45, 2.75) is 111 Å². The van der Waals surface area contributed by atoms with Gasteiger partial charge in [0.25, 0.3) is 0 Å². The van der Waals surface area contributed by atoms with E-state index < -0.39 is 11.9 Å². The zero-order valence-corrected chi connectivity index (χ0v) is 16.9. The molecule has 0 heterocycles. The molecule has 6 heteroatoms. The Morgan fingerprint density at radius 3 is 1.00 bits per heavy atom. The van der Waals surface area contributed by atoms with Crippen LogP contribution in [0.2, 0.25) is 0 Å². The number of unbranched alkanes of at least 4 members (excludes halogenated alkanes) is 11. The predicted molar refractivity (Wildman–Crippen MR) is 113 cm³/mol. The minimum atomic E-state index is -1.16. The normalized spacial score (nSPS) is 8.92. The molecule has 0 fully saturated rings. The molecule has 0 unspecified atom stereocenters. The number of aliphatic carboxylic acids is 2. The van der Waals surface area contributed by atoms with Crippen molar-refractivity contribution in [1.29, 1.82) is 5.41 Å². The summed E-state index contributed by atoms with van der Waals surface area (Å²) in [6.45, 7) is 7.39. The number of carboxylic acid groups (broad SMARTS) is 2. The van der Waals surface area contributed by atoms with Crippen molar-refractivity contribution in [2.24, 2.45) is 0 Å². The fraction of sp³-hybridized carbons (Fsp3) is 0.850. The van der Waals surface area contributed by atoms with E-state index in [-0.39, 0.29) is 41.7 Å². The van der Waals surface area contributed by atoms with Crippen LogP contribution >= 0.6 is 0 Å². The molecule has 5 nitrogen and oxygen atoms in total. The number of nitrogens with one attached hydrogen (secondary N) is 1. The van der Waals surface area contributed by atoms with Crippen molar-refractivity contribution < 1.29 is 19.8 Å². The first-order valence-corrected chi connectivity index (χ1v) is 9.83. The van der Waals surface area contributed by atoms with E-state index in [0.29, 0.717) is 0 Å². The molecule has 0 rings (SSSR count). The van der Waals surface area contributed by atoms with Crippen molar-refractivity contribution in [1.82, 2.24) is 0 Å². The van der Waals surface area contributed by atoms with Gasteiger partial charge in [0.1, 0.15) is 5.71 Å². The van der Waals surface area contributed by atoms with Gasteiger partial charge < -0.3 is 10.2 Å². The number of carbonyl (C=O) groups is 2. The van der Waals surface area contributed by atoms with Gasteiger partial charge in [0, 0.05) is 6.42 Å². The second-order valence-electron chi connectivity index (χ2n) is 6.21. The summed E-state index contributed by atoms with van der Waals surface area (Å²) in [5.41, 5.74) is -0.324. The summed E-state index contributed by atoms with van der Waals surface area (Å²) in [4.78, 5) is 18.8. The molecular weight excluding hydrogens is 341 g/mol. The first kappa shape index (κ1) is 33.2. The zero-order valence-electron chi connectivity index (χ0n) is 16.9. The average Bonchev–Trinajstić information content (AvgIpc) is 2.57. The van der Waals surface area contributed by atoms with E-state index in [9.17, 15) is 9.59 Å². The fourth-order valence-corrected chi connectivity index (χ4v) is 1.91. The van der Waals surface area contributed by atoms with Crippen molar-refractivity contribution in [3.63, 3.8) is 0 Å². The molecule has 0 atom stereocenters. The summed E-state index contributed by atoms with van der Waals surface area (Å²) in [7, 11) is 0. The number of hydrogen-bond donors (Lipinski definition) is 3. The van der Waals surface area contributed by atoms with Crippen LogP contribution in [0.1, 0.15) is 111 Å².